The van der Waals surface area contributed by atoms with Gasteiger partial charge in [0.25, 0.3) is 0 Å². The third-order valence-electron chi connectivity index (χ3n) is 8.16. The van der Waals surface area contributed by atoms with Crippen molar-refractivity contribution in [2.75, 3.05) is 13.2 Å². The summed E-state index contributed by atoms with van der Waals surface area (Å²) in [5.41, 5.74) is -1.89. The van der Waals surface area contributed by atoms with Gasteiger partial charge in [-0.2, -0.15) is 0 Å². The molecule has 46 heavy (non-hydrogen) atoms. The molecule has 10 atom stereocenters. The van der Waals surface area contributed by atoms with E-state index in [1.165, 1.54) is 24.4 Å². The first-order valence-electron chi connectivity index (χ1n) is 13.9. The minimum Gasteiger partial charge on any atom is -0.504 e. The molecule has 0 radical (unpaired) electrons. The van der Waals surface area contributed by atoms with Gasteiger partial charge in [0.05, 0.1) is 35.5 Å². The van der Waals surface area contributed by atoms with Crippen molar-refractivity contribution >= 4 is 45.3 Å². The average molecular weight is 685 g/mol. The maximum absolute atomic E-state index is 11.2. The second-order valence-electron chi connectivity index (χ2n) is 11.0. The number of aromatic amines is 2. The molecule has 16 nitrogen and oxygen atoms in total. The number of ether oxygens (including phenoxy) is 2. The number of rotatable bonds is 7. The van der Waals surface area contributed by atoms with Crippen molar-refractivity contribution in [3.63, 3.8) is 0 Å². The summed E-state index contributed by atoms with van der Waals surface area (Å²) in [5.74, 6) is -2.16. The topological polar surface area (TPSA) is 293 Å². The molecule has 14 N–H and O–H groups in total. The van der Waals surface area contributed by atoms with Crippen molar-refractivity contribution in [2.45, 2.75) is 69.5 Å². The van der Waals surface area contributed by atoms with Gasteiger partial charge >= 0.3 is 0 Å². The smallest absolute Gasteiger partial charge is 0.169 e. The van der Waals surface area contributed by atoms with Gasteiger partial charge in [-0.15, -0.1) is 0 Å². The Morgan fingerprint density at radius 1 is 0.652 bits per heavy atom. The summed E-state index contributed by atoms with van der Waals surface area (Å²) in [4.78, 5) is 6.61. The van der Waals surface area contributed by atoms with Crippen LogP contribution in [0.15, 0.2) is 34.2 Å². The number of aromatic hydroxyl groups is 4. The van der Waals surface area contributed by atoms with Crippen LogP contribution in [-0.2, 0) is 9.47 Å². The molecular formula is C28H32N2O14S2. The van der Waals surface area contributed by atoms with Crippen LogP contribution in [0.2, 0.25) is 0 Å². The number of aliphatic hydroxyl groups excluding tert-OH is 8. The fourth-order valence-corrected chi connectivity index (χ4v) is 8.08. The molecule has 2 aliphatic heterocycles. The standard InChI is InChI=1S/C28H32N2O14S2/c31-5-13-20(37)22(39)24(41)27(43-13)45-15-4-29-17-8(15)2-12(35)19(36)16(17)18-26(7-1-10(33)11(34)3-9(7)30-18)46-28-25(42)23(40)21(38)14(6-32)44-28/h1-4,13-14,20-25,27-42H,5-6H2/t13-,14-,20+,21+,22+,23+,24-,25-,27+,28+/m1/s1. The third kappa shape index (κ3) is 5.43. The van der Waals surface area contributed by atoms with Gasteiger partial charge in [-0.3, -0.25) is 0 Å². The first kappa shape index (κ1) is 32.9. The molecule has 0 bridgehead atoms. The zero-order chi connectivity index (χ0) is 33.2. The Labute approximate surface area is 267 Å². The highest BCUT2D eigenvalue weighted by atomic mass is 32.2. The van der Waals surface area contributed by atoms with Gasteiger partial charge in [0.15, 0.2) is 23.0 Å². The van der Waals surface area contributed by atoms with Crippen molar-refractivity contribution in [1.29, 1.82) is 0 Å². The first-order chi connectivity index (χ1) is 21.9. The molecule has 0 saturated carbocycles. The SMILES string of the molecule is OC[C@H]1O[C@@H](Sc2c(-c3c(O)c(O)cc4c(S[C@@H]5O[C@H](CO)[C@H](O)[C@H](O)[C@H]5O)c[nH]c34)[nH]c3cc(O)c(O)cc23)[C@H](O)[C@@H](O)[C@H]1O. The highest BCUT2D eigenvalue weighted by molar-refractivity contribution is 8.00. The molecule has 0 unspecified atom stereocenters. The van der Waals surface area contributed by atoms with Gasteiger partial charge < -0.3 is 80.7 Å². The van der Waals surface area contributed by atoms with E-state index in [4.69, 9.17) is 9.47 Å². The van der Waals surface area contributed by atoms with Crippen LogP contribution in [0.5, 0.6) is 23.0 Å². The lowest BCUT2D eigenvalue weighted by Crippen LogP contribution is -2.57. The fraction of sp³-hybridized carbons (Fsp3) is 0.429. The maximum atomic E-state index is 11.2. The minimum atomic E-state index is -1.69. The number of aliphatic hydroxyl groups is 8. The molecule has 4 heterocycles. The fourth-order valence-electron chi connectivity index (χ4n) is 5.62. The molecule has 0 aliphatic carbocycles. The largest absolute Gasteiger partial charge is 0.504 e. The molecule has 18 heteroatoms. The lowest BCUT2D eigenvalue weighted by Gasteiger charge is -2.39. The van der Waals surface area contributed by atoms with Crippen molar-refractivity contribution < 1.29 is 70.8 Å². The second kappa shape index (κ2) is 12.6. The summed E-state index contributed by atoms with van der Waals surface area (Å²) in [6.07, 6.45) is -10.6. The highest BCUT2D eigenvalue weighted by Crippen LogP contribution is 2.51. The van der Waals surface area contributed by atoms with Gasteiger partial charge in [-0.1, -0.05) is 23.5 Å². The summed E-state index contributed by atoms with van der Waals surface area (Å²) >= 11 is 1.72. The van der Waals surface area contributed by atoms with Crippen molar-refractivity contribution in [2.24, 2.45) is 0 Å². The number of aromatic nitrogens is 2. The van der Waals surface area contributed by atoms with E-state index in [1.807, 2.05) is 0 Å². The number of hydrogen-bond acceptors (Lipinski definition) is 16. The number of phenolic OH excluding ortho intramolecular Hbond substituents is 4. The third-order valence-corrected chi connectivity index (χ3v) is 10.7. The Morgan fingerprint density at radius 3 is 1.78 bits per heavy atom. The number of thioether (sulfide) groups is 2. The lowest BCUT2D eigenvalue weighted by molar-refractivity contribution is -0.205. The number of H-pyrrole nitrogens is 2. The van der Waals surface area contributed by atoms with Crippen LogP contribution in [0.4, 0.5) is 0 Å². The lowest BCUT2D eigenvalue weighted by atomic mass is 10.0. The molecule has 4 aromatic rings. The molecule has 2 fully saturated rings. The van der Waals surface area contributed by atoms with Crippen LogP contribution in [0.3, 0.4) is 0 Å². The predicted molar refractivity (Wildman–Crippen MR) is 161 cm³/mol. The number of nitrogens with one attached hydrogen (secondary N) is 2. The molecule has 2 aliphatic rings. The summed E-state index contributed by atoms with van der Waals surface area (Å²) < 4.78 is 11.3. The number of phenols is 4. The van der Waals surface area contributed by atoms with E-state index in [0.717, 1.165) is 23.5 Å². The molecule has 2 aromatic carbocycles. The van der Waals surface area contributed by atoms with Crippen molar-refractivity contribution in [1.82, 2.24) is 9.97 Å². The quantitative estimate of drug-likeness (QED) is 0.103. The van der Waals surface area contributed by atoms with Crippen LogP contribution in [-0.4, -0.2) is 144 Å². The number of benzene rings is 2. The van der Waals surface area contributed by atoms with E-state index in [9.17, 15) is 61.3 Å². The van der Waals surface area contributed by atoms with Crippen LogP contribution >= 0.6 is 23.5 Å². The summed E-state index contributed by atoms with van der Waals surface area (Å²) in [6.45, 7) is -1.31. The summed E-state index contributed by atoms with van der Waals surface area (Å²) in [5, 5.41) is 125. The predicted octanol–water partition coefficient (Wildman–Crippen LogP) is -1.08. The number of fused-ring (bicyclic) bond motifs is 2. The van der Waals surface area contributed by atoms with Crippen LogP contribution < -0.4 is 0 Å². The van der Waals surface area contributed by atoms with Gasteiger partial charge in [0, 0.05) is 32.8 Å². The number of hydrogen-bond donors (Lipinski definition) is 14. The van der Waals surface area contributed by atoms with Gasteiger partial charge in [-0.05, 0) is 12.1 Å². The minimum absolute atomic E-state index is 0.0158. The average Bonchev–Trinajstić information content (AvgIpc) is 3.58. The summed E-state index contributed by atoms with van der Waals surface area (Å²) in [7, 11) is 0. The van der Waals surface area contributed by atoms with E-state index in [1.54, 1.807) is 0 Å². The van der Waals surface area contributed by atoms with Crippen LogP contribution in [0, 0.1) is 0 Å². The zero-order valence-corrected chi connectivity index (χ0v) is 25.1. The Hall–Kier alpha value is -2.98. The molecule has 2 aromatic heterocycles. The van der Waals surface area contributed by atoms with Crippen LogP contribution in [0.25, 0.3) is 33.1 Å². The molecular weight excluding hydrogens is 652 g/mol. The first-order valence-corrected chi connectivity index (χ1v) is 15.7. The maximum Gasteiger partial charge on any atom is 0.169 e. The summed E-state index contributed by atoms with van der Waals surface area (Å²) in [6, 6.07) is 3.66. The Bertz CT molecular complexity index is 1740. The Kier molecular flexibility index (Phi) is 9.00. The van der Waals surface area contributed by atoms with E-state index < -0.39 is 95.9 Å². The molecule has 0 amide bonds. The molecule has 250 valence electrons. The van der Waals surface area contributed by atoms with Crippen molar-refractivity contribution in [3.8, 4) is 34.3 Å². The van der Waals surface area contributed by atoms with E-state index >= 15 is 0 Å². The second-order valence-corrected chi connectivity index (χ2v) is 13.3. The van der Waals surface area contributed by atoms with Gasteiger partial charge in [0.1, 0.15) is 59.7 Å². The highest BCUT2D eigenvalue weighted by Gasteiger charge is 2.45. The van der Waals surface area contributed by atoms with Crippen LogP contribution in [0.1, 0.15) is 0 Å². The molecule has 0 spiro atoms. The van der Waals surface area contributed by atoms with Crippen molar-refractivity contribution in [3.05, 3.63) is 24.4 Å². The van der Waals surface area contributed by atoms with E-state index in [2.05, 4.69) is 9.97 Å². The van der Waals surface area contributed by atoms with Gasteiger partial charge in [0.2, 0.25) is 0 Å². The molecule has 6 rings (SSSR count). The Morgan fingerprint density at radius 2 is 1.20 bits per heavy atom. The Balaban J connectivity index is 1.47. The normalized spacial score (nSPS) is 32.0. The monoisotopic (exact) mass is 684 g/mol. The van der Waals surface area contributed by atoms with E-state index in [-0.39, 0.29) is 32.6 Å². The molecule has 2 saturated heterocycles. The zero-order valence-electron chi connectivity index (χ0n) is 23.5. The van der Waals surface area contributed by atoms with Gasteiger partial charge in [-0.25, -0.2) is 0 Å². The van der Waals surface area contributed by atoms with E-state index in [0.29, 0.717) is 10.3 Å².